The van der Waals surface area contributed by atoms with Gasteiger partial charge in [-0.15, -0.1) is 11.3 Å². The minimum atomic E-state index is 0.306. The first kappa shape index (κ1) is 13.7. The maximum Gasteiger partial charge on any atom is 0.0576 e. The molecule has 0 nitrogen and oxygen atoms in total. The average molecular weight is 260 g/mol. The van der Waals surface area contributed by atoms with Gasteiger partial charge in [0.15, 0.2) is 0 Å². The Morgan fingerprint density at radius 3 is 2.39 bits per heavy atom. The first-order chi connectivity index (χ1) is 8.38. The lowest BCUT2D eigenvalue weighted by molar-refractivity contribution is 0.246. The quantitative estimate of drug-likeness (QED) is 0.638. The van der Waals surface area contributed by atoms with Gasteiger partial charge >= 0.3 is 0 Å². The fraction of sp³-hybridized carbons (Fsp3) is 0.647. The zero-order valence-corrected chi connectivity index (χ0v) is 13.0. The van der Waals surface area contributed by atoms with Crippen LogP contribution in [0, 0.1) is 36.0 Å². The summed E-state index contributed by atoms with van der Waals surface area (Å²) in [5.41, 5.74) is 0.306. The van der Waals surface area contributed by atoms with Crippen LogP contribution in [-0.2, 0) is 0 Å². The van der Waals surface area contributed by atoms with Crippen LogP contribution in [0.1, 0.15) is 56.2 Å². The van der Waals surface area contributed by atoms with Crippen molar-refractivity contribution in [2.45, 2.75) is 53.4 Å². The summed E-state index contributed by atoms with van der Waals surface area (Å²) >= 11 is 1.91. The molecular weight excluding hydrogens is 236 g/mol. The molecule has 0 unspecified atom stereocenters. The molecule has 18 heavy (non-hydrogen) atoms. The van der Waals surface area contributed by atoms with E-state index in [-0.39, 0.29) is 0 Å². The summed E-state index contributed by atoms with van der Waals surface area (Å²) in [5, 5.41) is 0. The molecule has 1 aliphatic carbocycles. The average Bonchev–Trinajstić information content (AvgIpc) is 3.00. The Morgan fingerprint density at radius 1 is 1.28 bits per heavy atom. The zero-order chi connectivity index (χ0) is 13.3. The van der Waals surface area contributed by atoms with Crippen molar-refractivity contribution in [3.05, 3.63) is 21.9 Å². The monoisotopic (exact) mass is 260 g/mol. The van der Waals surface area contributed by atoms with Gasteiger partial charge in [-0.2, -0.15) is 0 Å². The minimum absolute atomic E-state index is 0.306. The van der Waals surface area contributed by atoms with E-state index in [1.54, 1.807) is 0 Å². The summed E-state index contributed by atoms with van der Waals surface area (Å²) < 4.78 is 0. The molecule has 0 amide bonds. The Labute approximate surface area is 116 Å². The van der Waals surface area contributed by atoms with Gasteiger partial charge in [-0.25, -0.2) is 0 Å². The molecule has 1 aromatic rings. The van der Waals surface area contributed by atoms with E-state index in [1.165, 1.54) is 22.6 Å². The molecule has 98 valence electrons. The second kappa shape index (κ2) is 5.10. The largest absolute Gasteiger partial charge is 0.144 e. The van der Waals surface area contributed by atoms with Crippen molar-refractivity contribution in [3.8, 4) is 11.8 Å². The lowest BCUT2D eigenvalue weighted by Gasteiger charge is -2.31. The van der Waals surface area contributed by atoms with E-state index >= 15 is 0 Å². The Morgan fingerprint density at radius 2 is 1.94 bits per heavy atom. The van der Waals surface area contributed by atoms with Crippen molar-refractivity contribution in [2.24, 2.45) is 17.3 Å². The molecule has 0 aliphatic heterocycles. The first-order valence-corrected chi connectivity index (χ1v) is 7.77. The third-order valence-electron chi connectivity index (χ3n) is 3.95. The number of thiophene rings is 1. The van der Waals surface area contributed by atoms with Gasteiger partial charge in [-0.1, -0.05) is 39.5 Å². The zero-order valence-electron chi connectivity index (χ0n) is 12.2. The van der Waals surface area contributed by atoms with Gasteiger partial charge in [0.1, 0.15) is 0 Å². The van der Waals surface area contributed by atoms with Gasteiger partial charge in [-0.3, -0.25) is 0 Å². The van der Waals surface area contributed by atoms with Crippen LogP contribution >= 0.6 is 11.3 Å². The maximum absolute atomic E-state index is 3.58. The van der Waals surface area contributed by atoms with Crippen LogP contribution in [0.3, 0.4) is 0 Å². The normalized spacial score (nSPS) is 18.9. The molecule has 0 bridgehead atoms. The van der Waals surface area contributed by atoms with Crippen molar-refractivity contribution in [2.75, 3.05) is 0 Å². The lowest BCUT2D eigenvalue weighted by atomic mass is 9.74. The third-order valence-corrected chi connectivity index (χ3v) is 5.04. The highest BCUT2D eigenvalue weighted by Crippen LogP contribution is 2.40. The van der Waals surface area contributed by atoms with Crippen LogP contribution in [0.5, 0.6) is 0 Å². The Bertz CT molecular complexity index is 460. The van der Waals surface area contributed by atoms with Crippen LogP contribution in [0.4, 0.5) is 0 Å². The summed E-state index contributed by atoms with van der Waals surface area (Å²) in [6, 6.07) is 4.50. The van der Waals surface area contributed by atoms with Crippen LogP contribution in [-0.4, -0.2) is 0 Å². The van der Waals surface area contributed by atoms with Gasteiger partial charge < -0.3 is 0 Å². The van der Waals surface area contributed by atoms with Crippen molar-refractivity contribution < 1.29 is 0 Å². The van der Waals surface area contributed by atoms with Crippen LogP contribution in [0.2, 0.25) is 0 Å². The first-order valence-electron chi connectivity index (χ1n) is 6.95. The van der Waals surface area contributed by atoms with Gasteiger partial charge in [0.25, 0.3) is 0 Å². The van der Waals surface area contributed by atoms with Crippen LogP contribution < -0.4 is 0 Å². The lowest BCUT2D eigenvalue weighted by Crippen LogP contribution is -2.23. The van der Waals surface area contributed by atoms with Gasteiger partial charge in [0.2, 0.25) is 0 Å². The van der Waals surface area contributed by atoms with Crippen molar-refractivity contribution in [3.63, 3.8) is 0 Å². The van der Waals surface area contributed by atoms with E-state index in [0.29, 0.717) is 23.2 Å². The molecule has 1 aliphatic rings. The highest BCUT2D eigenvalue weighted by atomic mass is 32.1. The fourth-order valence-corrected chi connectivity index (χ4v) is 3.03. The third kappa shape index (κ3) is 3.39. The molecule has 0 saturated heterocycles. The number of hydrogen-bond donors (Lipinski definition) is 0. The molecule has 0 N–H and O–H groups in total. The standard InChI is InChI=1S/C17H24S/c1-12-6-11-16(18-12)15(10-9-14-7-8-14)13(2)17(3,4)5/h6,11,13-15H,7-8H2,1-5H3/t13-,15-/m0/s1. The van der Waals surface area contributed by atoms with Crippen molar-refractivity contribution in [1.29, 1.82) is 0 Å². The summed E-state index contributed by atoms with van der Waals surface area (Å²) in [6.07, 6.45) is 2.63. The topological polar surface area (TPSA) is 0 Å². The highest BCUT2D eigenvalue weighted by Gasteiger charge is 2.29. The van der Waals surface area contributed by atoms with E-state index in [2.05, 4.69) is 58.6 Å². The van der Waals surface area contributed by atoms with Crippen LogP contribution in [0.25, 0.3) is 0 Å². The molecule has 1 saturated carbocycles. The van der Waals surface area contributed by atoms with E-state index in [4.69, 9.17) is 0 Å². The smallest absolute Gasteiger partial charge is 0.0576 e. The second-order valence-corrected chi connectivity index (χ2v) is 7.96. The van der Waals surface area contributed by atoms with Gasteiger partial charge in [-0.05, 0) is 43.2 Å². The molecule has 1 fully saturated rings. The van der Waals surface area contributed by atoms with E-state index in [0.717, 1.165) is 0 Å². The molecule has 2 atom stereocenters. The predicted octanol–water partition coefficient (Wildman–Crippen LogP) is 5.24. The number of rotatable bonds is 2. The Hall–Kier alpha value is -0.740. The van der Waals surface area contributed by atoms with E-state index < -0.39 is 0 Å². The molecule has 1 aromatic heterocycles. The Balaban J connectivity index is 2.25. The minimum Gasteiger partial charge on any atom is -0.144 e. The maximum atomic E-state index is 3.58. The van der Waals surface area contributed by atoms with E-state index in [1.807, 2.05) is 11.3 Å². The summed E-state index contributed by atoms with van der Waals surface area (Å²) in [5.74, 6) is 8.74. The molecular formula is C17H24S. The summed E-state index contributed by atoms with van der Waals surface area (Å²) in [7, 11) is 0. The number of aryl methyl sites for hydroxylation is 1. The SMILES string of the molecule is Cc1ccc([C@@H](C#CC2CC2)[C@H](C)C(C)(C)C)s1. The summed E-state index contributed by atoms with van der Waals surface area (Å²) in [4.78, 5) is 2.84. The molecule has 0 spiro atoms. The second-order valence-electron chi connectivity index (χ2n) is 6.64. The van der Waals surface area contributed by atoms with Crippen molar-refractivity contribution in [1.82, 2.24) is 0 Å². The highest BCUT2D eigenvalue weighted by molar-refractivity contribution is 7.12. The van der Waals surface area contributed by atoms with Gasteiger partial charge in [0.05, 0.1) is 5.92 Å². The Kier molecular flexibility index (Phi) is 3.87. The molecule has 0 radical (unpaired) electrons. The molecule has 1 heterocycles. The molecule has 2 rings (SSSR count). The van der Waals surface area contributed by atoms with Crippen molar-refractivity contribution >= 4 is 11.3 Å². The van der Waals surface area contributed by atoms with Crippen LogP contribution in [0.15, 0.2) is 12.1 Å². The summed E-state index contributed by atoms with van der Waals surface area (Å²) in [6.45, 7) is 11.5. The number of hydrogen-bond acceptors (Lipinski definition) is 1. The fourth-order valence-electron chi connectivity index (χ4n) is 2.00. The van der Waals surface area contributed by atoms with Gasteiger partial charge in [0, 0.05) is 15.7 Å². The molecule has 1 heteroatoms. The molecule has 0 aromatic carbocycles. The van der Waals surface area contributed by atoms with E-state index in [9.17, 15) is 0 Å². The predicted molar refractivity (Wildman–Crippen MR) is 80.9 cm³/mol.